The maximum absolute atomic E-state index is 10.1. The molecule has 78 valence electrons. The van der Waals surface area contributed by atoms with E-state index >= 15 is 0 Å². The third-order valence-electron chi connectivity index (χ3n) is 3.13. The molecule has 1 saturated carbocycles. The Balaban J connectivity index is 2.61. The Hall–Kier alpha value is -0.0400. The van der Waals surface area contributed by atoms with Gasteiger partial charge in [0.15, 0.2) is 0 Å². The van der Waals surface area contributed by atoms with Gasteiger partial charge in [0.2, 0.25) is 0 Å². The first-order valence-corrected chi connectivity index (χ1v) is 5.57. The van der Waals surface area contributed by atoms with Crippen LogP contribution >= 0.6 is 0 Å². The van der Waals surface area contributed by atoms with Gasteiger partial charge in [0, 0.05) is 0 Å². The van der Waals surface area contributed by atoms with Gasteiger partial charge in [0.1, 0.15) is 0 Å². The van der Waals surface area contributed by atoms with Gasteiger partial charge in [-0.15, -0.1) is 0 Å². The Morgan fingerprint density at radius 3 is 2.31 bits per heavy atom. The highest BCUT2D eigenvalue weighted by Gasteiger charge is 2.39. The van der Waals surface area contributed by atoms with Crippen LogP contribution in [0.2, 0.25) is 0 Å². The number of hydrogen-bond acceptors (Lipinski definition) is 1. The van der Waals surface area contributed by atoms with Crippen molar-refractivity contribution >= 4 is 0 Å². The lowest BCUT2D eigenvalue weighted by Crippen LogP contribution is -2.40. The van der Waals surface area contributed by atoms with Crippen LogP contribution in [-0.2, 0) is 0 Å². The summed E-state index contributed by atoms with van der Waals surface area (Å²) >= 11 is 0. The van der Waals surface area contributed by atoms with Gasteiger partial charge < -0.3 is 5.11 Å². The van der Waals surface area contributed by atoms with E-state index < -0.39 is 5.60 Å². The van der Waals surface area contributed by atoms with Crippen molar-refractivity contribution in [1.82, 2.24) is 0 Å². The normalized spacial score (nSPS) is 39.0. The molecule has 1 fully saturated rings. The molecule has 0 saturated heterocycles. The summed E-state index contributed by atoms with van der Waals surface area (Å²) in [6.07, 6.45) is 5.78. The maximum Gasteiger partial charge on any atom is 0.0627 e. The molecule has 1 N–H and O–H groups in total. The van der Waals surface area contributed by atoms with E-state index in [0.29, 0.717) is 5.41 Å². The van der Waals surface area contributed by atoms with E-state index in [1.807, 2.05) is 6.92 Å². The fourth-order valence-corrected chi connectivity index (χ4v) is 3.26. The Morgan fingerprint density at radius 2 is 1.85 bits per heavy atom. The van der Waals surface area contributed by atoms with Crippen molar-refractivity contribution in [1.29, 1.82) is 0 Å². The molecule has 0 aromatic rings. The minimum atomic E-state index is -0.415. The molecule has 1 rings (SSSR count). The van der Waals surface area contributed by atoms with Crippen LogP contribution in [0, 0.1) is 11.3 Å². The molecule has 0 radical (unpaired) electrons. The monoisotopic (exact) mass is 184 g/mol. The highest BCUT2D eigenvalue weighted by atomic mass is 16.3. The summed E-state index contributed by atoms with van der Waals surface area (Å²) in [6, 6.07) is 0. The van der Waals surface area contributed by atoms with Crippen LogP contribution in [0.15, 0.2) is 0 Å². The Labute approximate surface area is 82.5 Å². The Kier molecular flexibility index (Phi) is 3.06. The predicted molar refractivity (Wildman–Crippen MR) is 56.7 cm³/mol. The van der Waals surface area contributed by atoms with Gasteiger partial charge in [-0.05, 0) is 37.5 Å². The van der Waals surface area contributed by atoms with Crippen LogP contribution in [0.25, 0.3) is 0 Å². The zero-order valence-electron chi connectivity index (χ0n) is 9.56. The molecule has 13 heavy (non-hydrogen) atoms. The predicted octanol–water partition coefficient (Wildman–Crippen LogP) is 3.36. The summed E-state index contributed by atoms with van der Waals surface area (Å²) < 4.78 is 0. The topological polar surface area (TPSA) is 20.2 Å². The second-order valence-electron chi connectivity index (χ2n) is 5.90. The van der Waals surface area contributed by atoms with E-state index in [-0.39, 0.29) is 0 Å². The molecule has 1 heteroatoms. The molecule has 0 heterocycles. The molecule has 0 spiro atoms. The first-order valence-electron chi connectivity index (χ1n) is 5.57. The standard InChI is InChI=1S/C12H24O/c1-5-6-10-7-11(2,3)9-12(4,13)8-10/h10,13H,5-9H2,1-4H3/t10-,12+/m1/s1. The number of aliphatic hydroxyl groups is 1. The fraction of sp³-hybridized carbons (Fsp3) is 1.00. The average molecular weight is 184 g/mol. The van der Waals surface area contributed by atoms with E-state index in [9.17, 15) is 5.11 Å². The molecular weight excluding hydrogens is 160 g/mol. The molecule has 2 atom stereocenters. The highest BCUT2D eigenvalue weighted by molar-refractivity contribution is 4.91. The van der Waals surface area contributed by atoms with Crippen molar-refractivity contribution in [2.45, 2.75) is 65.4 Å². The summed E-state index contributed by atoms with van der Waals surface area (Å²) in [5.74, 6) is 0.740. The van der Waals surface area contributed by atoms with Crippen LogP contribution in [0.3, 0.4) is 0 Å². The van der Waals surface area contributed by atoms with Crippen molar-refractivity contribution in [3.63, 3.8) is 0 Å². The van der Waals surface area contributed by atoms with Gasteiger partial charge in [-0.25, -0.2) is 0 Å². The van der Waals surface area contributed by atoms with Gasteiger partial charge in [-0.2, -0.15) is 0 Å². The molecular formula is C12H24O. The lowest BCUT2D eigenvalue weighted by Gasteiger charge is -2.43. The molecule has 0 aromatic carbocycles. The quantitative estimate of drug-likeness (QED) is 0.697. The first kappa shape index (κ1) is 11.0. The smallest absolute Gasteiger partial charge is 0.0627 e. The summed E-state index contributed by atoms with van der Waals surface area (Å²) in [5, 5.41) is 10.1. The van der Waals surface area contributed by atoms with Crippen molar-refractivity contribution in [2.24, 2.45) is 11.3 Å². The summed E-state index contributed by atoms with van der Waals surface area (Å²) in [5.41, 5.74) is -0.0802. The summed E-state index contributed by atoms with van der Waals surface area (Å²) in [6.45, 7) is 8.79. The van der Waals surface area contributed by atoms with E-state index in [4.69, 9.17) is 0 Å². The zero-order valence-corrected chi connectivity index (χ0v) is 9.56. The maximum atomic E-state index is 10.1. The van der Waals surface area contributed by atoms with E-state index in [0.717, 1.165) is 18.8 Å². The van der Waals surface area contributed by atoms with Gasteiger partial charge in [0.05, 0.1) is 5.60 Å². The van der Waals surface area contributed by atoms with E-state index in [1.165, 1.54) is 19.3 Å². The van der Waals surface area contributed by atoms with Crippen molar-refractivity contribution in [2.75, 3.05) is 0 Å². The van der Waals surface area contributed by atoms with Gasteiger partial charge in [0.25, 0.3) is 0 Å². The number of rotatable bonds is 2. The average Bonchev–Trinajstić information content (AvgIpc) is 1.78. The van der Waals surface area contributed by atoms with Crippen molar-refractivity contribution < 1.29 is 5.11 Å². The fourth-order valence-electron chi connectivity index (χ4n) is 3.26. The lowest BCUT2D eigenvalue weighted by molar-refractivity contribution is -0.0488. The molecule has 1 aliphatic rings. The first-order chi connectivity index (χ1) is 5.85. The highest BCUT2D eigenvalue weighted by Crippen LogP contribution is 2.45. The molecule has 0 aromatic heterocycles. The van der Waals surface area contributed by atoms with Gasteiger partial charge >= 0.3 is 0 Å². The lowest BCUT2D eigenvalue weighted by atomic mass is 9.65. The zero-order chi connectivity index (χ0) is 10.1. The van der Waals surface area contributed by atoms with E-state index in [2.05, 4.69) is 20.8 Å². The SMILES string of the molecule is CCC[C@@H]1CC(C)(C)C[C@@](C)(O)C1. The summed E-state index contributed by atoms with van der Waals surface area (Å²) in [7, 11) is 0. The minimum Gasteiger partial charge on any atom is -0.390 e. The molecule has 1 aliphatic carbocycles. The Morgan fingerprint density at radius 1 is 1.23 bits per heavy atom. The largest absolute Gasteiger partial charge is 0.390 e. The van der Waals surface area contributed by atoms with Crippen LogP contribution in [-0.4, -0.2) is 10.7 Å². The third kappa shape index (κ3) is 3.30. The second kappa shape index (κ2) is 3.61. The summed E-state index contributed by atoms with van der Waals surface area (Å²) in [4.78, 5) is 0. The van der Waals surface area contributed by atoms with Crippen molar-refractivity contribution in [3.8, 4) is 0 Å². The molecule has 1 nitrogen and oxygen atoms in total. The van der Waals surface area contributed by atoms with Crippen LogP contribution in [0.4, 0.5) is 0 Å². The molecule has 0 bridgehead atoms. The van der Waals surface area contributed by atoms with Crippen LogP contribution in [0.1, 0.15) is 59.8 Å². The third-order valence-corrected chi connectivity index (χ3v) is 3.13. The molecule has 0 aliphatic heterocycles. The van der Waals surface area contributed by atoms with Crippen LogP contribution < -0.4 is 0 Å². The molecule has 0 amide bonds. The molecule has 0 unspecified atom stereocenters. The Bertz CT molecular complexity index is 154. The second-order valence-corrected chi connectivity index (χ2v) is 5.90. The van der Waals surface area contributed by atoms with Gasteiger partial charge in [-0.1, -0.05) is 33.6 Å². The van der Waals surface area contributed by atoms with Crippen molar-refractivity contribution in [3.05, 3.63) is 0 Å². The minimum absolute atomic E-state index is 0.335. The van der Waals surface area contributed by atoms with E-state index in [1.54, 1.807) is 0 Å². The number of hydrogen-bond donors (Lipinski definition) is 1. The van der Waals surface area contributed by atoms with Gasteiger partial charge in [-0.3, -0.25) is 0 Å². The van der Waals surface area contributed by atoms with Crippen LogP contribution in [0.5, 0.6) is 0 Å².